The molecule has 0 aliphatic carbocycles. The molecule has 0 fully saturated rings. The van der Waals surface area contributed by atoms with Crippen LogP contribution in [0.2, 0.25) is 0 Å². The van der Waals surface area contributed by atoms with Crippen molar-refractivity contribution in [1.29, 1.82) is 10.5 Å². The zero-order valence-corrected chi connectivity index (χ0v) is 5.72. The van der Waals surface area contributed by atoms with Gasteiger partial charge in [-0.1, -0.05) is 10.8 Å². The first-order valence-electron chi connectivity index (χ1n) is 0.855. The van der Waals surface area contributed by atoms with Crippen LogP contribution >= 0.6 is 0 Å². The summed E-state index contributed by atoms with van der Waals surface area (Å²) in [6.45, 7) is 0. The van der Waals surface area contributed by atoms with Crippen LogP contribution in [0.5, 0.6) is 0 Å². The molecule has 0 heterocycles. The summed E-state index contributed by atoms with van der Waals surface area (Å²) in [5, 5.41) is 16.9. The van der Waals surface area contributed by atoms with Crippen LogP contribution in [-0.2, 0) is 42.0 Å². The van der Waals surface area contributed by atoms with Gasteiger partial charge in [-0.3, -0.25) is 0 Å². The minimum absolute atomic E-state index is 0. The zero-order valence-electron chi connectivity index (χ0n) is 3.04. The normalized spacial score (nSPS) is 2.00. The van der Waals surface area contributed by atoms with Gasteiger partial charge >= 0.3 is 16.8 Å². The van der Waals surface area contributed by atoms with Gasteiger partial charge in [0.15, 0.2) is 0 Å². The Morgan fingerprint density at radius 1 is 1.00 bits per heavy atom. The van der Waals surface area contributed by atoms with Gasteiger partial charge in [0, 0.05) is 0 Å². The molecule has 0 N–H and O–H groups in total. The van der Waals surface area contributed by atoms with Crippen molar-refractivity contribution in [1.82, 2.24) is 0 Å². The van der Waals surface area contributed by atoms with Crippen LogP contribution in [-0.4, -0.2) is 0 Å². The Morgan fingerprint density at radius 2 is 1.00 bits per heavy atom. The first kappa shape index (κ1) is 15.8. The van der Waals surface area contributed by atoms with E-state index in [1.807, 2.05) is 0 Å². The maximum Gasteiger partial charge on any atom is 2.00 e. The summed E-state index contributed by atoms with van der Waals surface area (Å²) in [6, 6.07) is 0. The second kappa shape index (κ2) is 38.8. The topological polar surface area (TPSA) is 47.6 Å². The molecule has 0 saturated carbocycles. The molecule has 0 rings (SSSR count). The number of hydrogen-bond donors (Lipinski definition) is 0. The van der Waals surface area contributed by atoms with Crippen molar-refractivity contribution in [3.8, 4) is 10.8 Å². The Kier molecular flexibility index (Phi) is 87.4. The Hall–Kier alpha value is -0.0735. The summed E-state index contributed by atoms with van der Waals surface area (Å²) in [5.41, 5.74) is 0. The van der Waals surface area contributed by atoms with Crippen LogP contribution < -0.4 is 0 Å². The molecule has 7 heavy (non-hydrogen) atoms. The van der Waals surface area contributed by atoms with E-state index in [0.29, 0.717) is 0 Å². The molecular weight excluding hydrogens is 175 g/mol. The summed E-state index contributed by atoms with van der Waals surface area (Å²) in [5.74, 6) is 0. The number of nitrogens with zero attached hydrogens (tertiary/aromatic N) is 2. The van der Waals surface area contributed by atoms with E-state index >= 15 is 0 Å². The van der Waals surface area contributed by atoms with E-state index in [9.17, 15) is 0 Å². The van der Waals surface area contributed by atoms with Gasteiger partial charge in [0.1, 0.15) is 0 Å². The molecule has 0 aromatic rings. The predicted molar refractivity (Wildman–Crippen MR) is 26.0 cm³/mol. The van der Waals surface area contributed by atoms with Gasteiger partial charge in [0.05, 0.1) is 0 Å². The molecule has 0 bridgehead atoms. The Bertz CT molecular complexity index is 68.7. The van der Waals surface area contributed by atoms with Gasteiger partial charge in [-0.05, 0) is 0 Å². The fourth-order valence-electron chi connectivity index (χ4n) is 0. The summed E-state index contributed by atoms with van der Waals surface area (Å²) >= 11 is 7.40. The van der Waals surface area contributed by atoms with E-state index in [1.54, 1.807) is 0 Å². The van der Waals surface area contributed by atoms with E-state index in [4.69, 9.17) is 10.5 Å². The van der Waals surface area contributed by atoms with Crippen LogP contribution in [0, 0.1) is 21.3 Å². The molecule has 0 spiro atoms. The number of thiocyanates is 2. The van der Waals surface area contributed by atoms with Crippen LogP contribution in [0.4, 0.5) is 0 Å². The quantitative estimate of drug-likeness (QED) is 0.385. The van der Waals surface area contributed by atoms with Crippen molar-refractivity contribution in [3.63, 3.8) is 0 Å². The number of nitriles is 2. The van der Waals surface area contributed by atoms with Crippen molar-refractivity contribution in [2.45, 2.75) is 0 Å². The molecule has 0 aliphatic heterocycles. The fraction of sp³-hybridized carbons (Fsp3) is 0. The Morgan fingerprint density at radius 3 is 1.00 bits per heavy atom. The largest absolute Gasteiger partial charge is 2.00 e. The van der Waals surface area contributed by atoms with Crippen molar-refractivity contribution in [2.24, 2.45) is 0 Å². The van der Waals surface area contributed by atoms with E-state index < -0.39 is 0 Å². The third kappa shape index (κ3) is 16900. The van der Waals surface area contributed by atoms with Crippen LogP contribution in [0.15, 0.2) is 0 Å². The van der Waals surface area contributed by atoms with Crippen molar-refractivity contribution in [2.75, 3.05) is 0 Å². The van der Waals surface area contributed by atoms with E-state index in [-0.39, 0.29) is 16.8 Å². The van der Waals surface area contributed by atoms with Gasteiger partial charge in [-0.15, -0.1) is 0 Å². The van der Waals surface area contributed by atoms with Gasteiger partial charge in [0.25, 0.3) is 0 Å². The molecule has 5 heteroatoms. The average molecular weight is 175 g/mol. The number of rotatable bonds is 0. The molecule has 0 atom stereocenters. The molecule has 39 valence electrons. The van der Waals surface area contributed by atoms with E-state index in [0.717, 1.165) is 0 Å². The number of hydrogen-bond acceptors (Lipinski definition) is 4. The minimum Gasteiger partial charge on any atom is -0.696 e. The summed E-state index contributed by atoms with van der Waals surface area (Å²) in [6.07, 6.45) is 0. The molecule has 0 aromatic carbocycles. The van der Waals surface area contributed by atoms with Gasteiger partial charge < -0.3 is 25.3 Å². The second-order valence-corrected chi connectivity index (χ2v) is 0.548. The van der Waals surface area contributed by atoms with Crippen molar-refractivity contribution >= 4 is 25.3 Å². The molecule has 0 unspecified atom stereocenters. The summed E-state index contributed by atoms with van der Waals surface area (Å²) in [7, 11) is 0. The second-order valence-electron chi connectivity index (χ2n) is 0.183. The smallest absolute Gasteiger partial charge is 0.696 e. The average Bonchev–Trinajstić information content (AvgIpc) is 1.39. The molecule has 0 amide bonds. The fourth-order valence-corrected chi connectivity index (χ4v) is 0. The molecule has 1 radical (unpaired) electrons. The van der Waals surface area contributed by atoms with Crippen LogP contribution in [0.25, 0.3) is 0 Å². The molecule has 0 aliphatic rings. The van der Waals surface area contributed by atoms with Gasteiger partial charge in [0.2, 0.25) is 0 Å². The molecule has 0 saturated heterocycles. The maximum absolute atomic E-state index is 7.13. The van der Waals surface area contributed by atoms with Crippen LogP contribution in [0.3, 0.4) is 0 Å². The third-order valence-corrected chi connectivity index (χ3v) is 0. The van der Waals surface area contributed by atoms with E-state index in [2.05, 4.69) is 25.3 Å². The summed E-state index contributed by atoms with van der Waals surface area (Å²) < 4.78 is 0. The van der Waals surface area contributed by atoms with E-state index in [1.165, 1.54) is 10.8 Å². The first-order chi connectivity index (χ1) is 2.83. The Balaban J connectivity index is -0.0000000400. The molecule has 2 nitrogen and oxygen atoms in total. The predicted octanol–water partition coefficient (Wildman–Crippen LogP) is 0.0263. The minimum atomic E-state index is 0. The standard InChI is InChI=1S/2CHNS.Co/c2*2-1-3;/h2*3H;/q;;+2/p-2. The van der Waals surface area contributed by atoms with Gasteiger partial charge in [-0.2, -0.15) is 0 Å². The SMILES string of the molecule is N#C[S-].N#C[S-].[Co+2]. The monoisotopic (exact) mass is 175 g/mol. The maximum atomic E-state index is 7.13. The van der Waals surface area contributed by atoms with Gasteiger partial charge in [-0.25, -0.2) is 10.5 Å². The third-order valence-electron chi connectivity index (χ3n) is 0. The first-order valence-corrected chi connectivity index (χ1v) is 1.67. The molecule has 0 aromatic heterocycles. The Labute approximate surface area is 63.5 Å². The van der Waals surface area contributed by atoms with Crippen molar-refractivity contribution < 1.29 is 16.8 Å². The zero-order chi connectivity index (χ0) is 5.41. The van der Waals surface area contributed by atoms with Crippen molar-refractivity contribution in [3.05, 3.63) is 0 Å². The molecular formula is C2CoN2S2. The summed E-state index contributed by atoms with van der Waals surface area (Å²) in [4.78, 5) is 0. The van der Waals surface area contributed by atoms with Crippen LogP contribution in [0.1, 0.15) is 0 Å².